The largest absolute Gasteiger partial charge is 0.462 e. The summed E-state index contributed by atoms with van der Waals surface area (Å²) >= 11 is 6.69. The maximum absolute atomic E-state index is 14.7. The molecule has 7 atom stereocenters. The van der Waals surface area contributed by atoms with Crippen LogP contribution in [0.2, 0.25) is 5.02 Å². The number of ether oxygens (including phenoxy) is 4. The smallest absolute Gasteiger partial charge is 0.318 e. The normalized spacial score (nSPS) is 22.1. The number of nitrogens with one attached hydrogen (secondary N) is 2. The van der Waals surface area contributed by atoms with Crippen LogP contribution >= 0.6 is 38.6 Å². The van der Waals surface area contributed by atoms with Gasteiger partial charge in [-0.15, -0.1) is 0 Å². The zero-order chi connectivity index (χ0) is 93.7. The van der Waals surface area contributed by atoms with Crippen LogP contribution in [0.5, 0.6) is 18.0 Å². The van der Waals surface area contributed by atoms with E-state index in [2.05, 4.69) is 113 Å². The second kappa shape index (κ2) is 47.6. The summed E-state index contributed by atoms with van der Waals surface area (Å²) in [7, 11) is 7.36. The minimum atomic E-state index is -1.28. The van der Waals surface area contributed by atoms with Crippen molar-refractivity contribution in [3.63, 3.8) is 0 Å². The van der Waals surface area contributed by atoms with E-state index in [1.165, 1.54) is 52.2 Å². The molecule has 31 nitrogen and oxygen atoms in total. The van der Waals surface area contributed by atoms with Gasteiger partial charge in [-0.1, -0.05) is 77.7 Å². The second-order valence-corrected chi connectivity index (χ2v) is 37.9. The molecule has 756 valence electrons. The Bertz CT molecular complexity index is 5880. The number of carbonyl (C=O) groups excluding carboxylic acids is 3. The molecule has 0 spiro atoms. The molecule has 14 heterocycles. The number of allylic oxidation sites excluding steroid dienone is 1. The number of hydrogen-bond acceptors (Lipinski definition) is 25. The molecule has 9 aliphatic heterocycles. The number of piperazine rings is 3. The highest BCUT2D eigenvalue weighted by Gasteiger charge is 2.44. The summed E-state index contributed by atoms with van der Waals surface area (Å²) in [4.78, 5) is 95.9. The minimum absolute atomic E-state index is 0. The van der Waals surface area contributed by atoms with Crippen molar-refractivity contribution in [2.24, 2.45) is 0 Å². The molecule has 4 aromatic carbocycles. The van der Waals surface area contributed by atoms with Gasteiger partial charge in [0, 0.05) is 213 Å². The number of methoxy groups -OCH3 is 1. The Morgan fingerprint density at radius 2 is 0.935 bits per heavy atom. The lowest BCUT2D eigenvalue weighted by Gasteiger charge is -2.41. The Hall–Kier alpha value is -10.9. The molecule has 0 aliphatic carbocycles. The molecule has 0 bridgehead atoms. The van der Waals surface area contributed by atoms with Gasteiger partial charge in [-0.2, -0.15) is 67.1 Å². The number of likely N-dealkylation sites (N-methyl/N-ethyl adjacent to an activating group) is 3. The van der Waals surface area contributed by atoms with Crippen LogP contribution < -0.4 is 43.6 Å². The fourth-order valence-corrected chi connectivity index (χ4v) is 20.9. The van der Waals surface area contributed by atoms with Crippen molar-refractivity contribution in [3.05, 3.63) is 170 Å². The molecule has 3 unspecified atom stereocenters. The second-order valence-electron chi connectivity index (χ2n) is 37.5. The van der Waals surface area contributed by atoms with Crippen molar-refractivity contribution < 1.29 is 56.0 Å². The number of amides is 3. The highest BCUT2D eigenvalue weighted by atomic mass is 35.5. The van der Waals surface area contributed by atoms with Gasteiger partial charge in [0.05, 0.1) is 89.8 Å². The number of aliphatic hydroxyl groups excluding tert-OH is 1. The van der Waals surface area contributed by atoms with Gasteiger partial charge in [-0.25, -0.2) is 24.1 Å². The van der Waals surface area contributed by atoms with Crippen LogP contribution in [0.15, 0.2) is 97.4 Å². The van der Waals surface area contributed by atoms with E-state index < -0.39 is 23.7 Å². The number of likely N-dealkylation sites (tertiary alicyclic amines) is 3. The molecule has 5 aromatic heterocycles. The van der Waals surface area contributed by atoms with Crippen molar-refractivity contribution in [1.29, 1.82) is 0 Å². The van der Waals surface area contributed by atoms with E-state index in [0.717, 1.165) is 121 Å². The van der Waals surface area contributed by atoms with E-state index in [-0.39, 0.29) is 124 Å². The summed E-state index contributed by atoms with van der Waals surface area (Å²) in [6, 6.07) is 16.6. The minimum Gasteiger partial charge on any atom is -0.462 e. The summed E-state index contributed by atoms with van der Waals surface area (Å²) in [5.74, 6) is 2.04. The zero-order valence-electron chi connectivity index (χ0n) is 79.0. The van der Waals surface area contributed by atoms with Gasteiger partial charge in [0.2, 0.25) is 24.3 Å². The number of anilines is 6. The summed E-state index contributed by atoms with van der Waals surface area (Å²) in [5, 5.41) is 28.8. The third kappa shape index (κ3) is 25.0. The molecule has 9 aliphatic rings. The Kier molecular flexibility index (Phi) is 37.7. The monoisotopic (exact) mass is 1980 g/mol. The summed E-state index contributed by atoms with van der Waals surface area (Å²) < 4.78 is 80.6. The Labute approximate surface area is 834 Å². The number of halogens is 5. The first kappa shape index (κ1) is 110. The third-order valence-corrected chi connectivity index (χ3v) is 27.8. The van der Waals surface area contributed by atoms with E-state index in [4.69, 9.17) is 72.1 Å². The molecular formula is C101H142ClF4N23O8S2. The number of alkyl halides is 4. The quantitative estimate of drug-likeness (QED) is 0.0305. The van der Waals surface area contributed by atoms with Gasteiger partial charge in [0.1, 0.15) is 67.0 Å². The molecule has 0 saturated carbocycles. The number of aromatic nitrogens is 10. The van der Waals surface area contributed by atoms with Gasteiger partial charge >= 0.3 is 18.0 Å². The van der Waals surface area contributed by atoms with Crippen LogP contribution in [0.3, 0.4) is 0 Å². The van der Waals surface area contributed by atoms with Crippen molar-refractivity contribution in [2.75, 3.05) is 215 Å². The third-order valence-electron chi connectivity index (χ3n) is 27.5. The highest BCUT2D eigenvalue weighted by Crippen LogP contribution is 2.44. The number of aromatic amines is 2. The van der Waals surface area contributed by atoms with Crippen molar-refractivity contribution >= 4 is 123 Å². The SMILES string of the molecule is C.C.C.C.COC/C=C/C(=O)N1CCN(c2nc(OC[C@@H]3CC(C)(F)CN3C)nc3c2CCN(c2c(C)c(C)cc4[nH]ncc24)C3)CC1.Cc1cc2[nH]ncc2c(N2CCc3c(nc(OC[C@@H]4CC(C)(F)CN4C)nc3N3CCN(C(=O)/C=C/CO)CC3)C2)c1C.S.S.[C-]#[N+]C[C@H]1CN(c2nc(OC[C@@H]3CC(C)(F)CN3C)nc3c2CCN(c2cccc4cccc(Cl)c24)C3)CCN1C(=O)/C=C/CF. The molecule has 6 saturated heterocycles. The molecule has 18 rings (SSSR count). The van der Waals surface area contributed by atoms with Gasteiger partial charge in [0.15, 0.2) is 0 Å². The number of rotatable bonds is 23. The van der Waals surface area contributed by atoms with Crippen LogP contribution in [0.4, 0.5) is 52.1 Å². The summed E-state index contributed by atoms with van der Waals surface area (Å²) in [6.45, 7) is 32.8. The number of nitrogens with zero attached hydrogens (tertiary/aromatic N) is 21. The maximum atomic E-state index is 14.7. The van der Waals surface area contributed by atoms with Gasteiger partial charge in [-0.05, 0) is 147 Å². The number of carbonyl (C=O) groups is 3. The molecule has 38 heteroatoms. The van der Waals surface area contributed by atoms with Crippen LogP contribution in [-0.2, 0) is 58.0 Å². The number of hydrogen-bond donors (Lipinski definition) is 3. The first-order valence-electron chi connectivity index (χ1n) is 46.1. The average Bonchev–Trinajstić information content (AvgIpc) is 1.74. The topological polar surface area (TPSA) is 286 Å². The van der Waals surface area contributed by atoms with Crippen LogP contribution in [0, 0.1) is 34.3 Å². The van der Waals surface area contributed by atoms with E-state index in [0.29, 0.717) is 180 Å². The Balaban J connectivity index is 0.000000210. The van der Waals surface area contributed by atoms with Crippen molar-refractivity contribution in [2.45, 2.75) is 178 Å². The molecule has 139 heavy (non-hydrogen) atoms. The van der Waals surface area contributed by atoms with E-state index >= 15 is 0 Å². The summed E-state index contributed by atoms with van der Waals surface area (Å²) in [5.41, 5.74) is 12.4. The van der Waals surface area contributed by atoms with E-state index in [1.54, 1.807) is 49.8 Å². The van der Waals surface area contributed by atoms with E-state index in [9.17, 15) is 31.9 Å². The standard InChI is InChI=1S/C34H38ClF2N7O2.C32H43FN8O3.C31H41FN8O3.4CH4.2H2S/c1-34(37)17-24(41(3)22-34)21-46-33-39-28-20-42(29-10-5-8-23-7-4-9-27(35)31(23)29)14-12-26(28)32(40-33)43-15-16-44(25(19-43)18-38-2)30(45)11-6-13-36;1-21-15-26-25(17-34-37-26)29(22(21)2)41-9-8-24-27(18-41)35-31(44-19-23-16-32(3,33)20-38(23)4)36-30(24)40-12-10-39(11-13-40)28(42)7-6-14-43-5;1-20-14-25-24(16-33-36-25)28(21(20)2)40-8-7-23-26(17-40)34-30(43-18-22-15-31(3,32)19-37(22)4)35-29(23)39-11-9-38(10-12-39)27(42)6-5-13-41;;;;;;/h4-11,24-25H,12-22H2,1,3H3;6-7,15,17,23H,8-14,16,18-20H2,1-5H3,(H,34,37);5-6,14,16,22,41H,7-13,15,17-19H2,1-4H3,(H,33,36);4*1H4;2*1H2/b11-6+;7-6+;6-5+;;;;;;/t24-,25-,34?;23-,32?;22-,31?;;;;;;/m000....../s1. The number of aryl methyl sites for hydroxylation is 2. The summed E-state index contributed by atoms with van der Waals surface area (Å²) in [6.07, 6.45) is 15.8. The Morgan fingerprint density at radius 1 is 0.532 bits per heavy atom. The predicted octanol–water partition coefficient (Wildman–Crippen LogP) is 13.6. The maximum Gasteiger partial charge on any atom is 0.318 e. The number of H-pyrrole nitrogens is 2. The lowest BCUT2D eigenvalue weighted by atomic mass is 9.99. The zero-order valence-corrected chi connectivity index (χ0v) is 81.7. The Morgan fingerprint density at radius 3 is 1.35 bits per heavy atom. The highest BCUT2D eigenvalue weighted by molar-refractivity contribution is 7.59. The van der Waals surface area contributed by atoms with Gasteiger partial charge in [-0.3, -0.25) is 39.3 Å². The fraction of sp³-hybridized carbons (Fsp3) is 0.545. The number of benzene rings is 4. The van der Waals surface area contributed by atoms with Crippen LogP contribution in [-0.4, -0.2) is 329 Å². The van der Waals surface area contributed by atoms with Gasteiger partial charge < -0.3 is 73.0 Å². The molecular weight excluding hydrogens is 1840 g/mol. The lowest BCUT2D eigenvalue weighted by molar-refractivity contribution is -0.128. The van der Waals surface area contributed by atoms with Crippen molar-refractivity contribution in [3.8, 4) is 18.0 Å². The average molecular weight is 1980 g/mol. The predicted molar refractivity (Wildman–Crippen MR) is 555 cm³/mol. The van der Waals surface area contributed by atoms with Crippen molar-refractivity contribution in [1.82, 2.24) is 79.7 Å². The fourth-order valence-electron chi connectivity index (χ4n) is 20.6. The van der Waals surface area contributed by atoms with Gasteiger partial charge in [0.25, 0.3) is 0 Å². The molecule has 3 amide bonds. The van der Waals surface area contributed by atoms with E-state index in [1.807, 2.05) is 71.3 Å². The molecule has 6 fully saturated rings. The molecule has 3 N–H and O–H groups in total. The number of aliphatic hydroxyl groups is 1. The van der Waals surface area contributed by atoms with Crippen LogP contribution in [0.1, 0.15) is 126 Å². The van der Waals surface area contributed by atoms with Crippen LogP contribution in [0.25, 0.3) is 37.4 Å². The first-order chi connectivity index (χ1) is 63.9. The first-order valence-corrected chi connectivity index (χ1v) is 46.5. The molecule has 0 radical (unpaired) electrons. The lowest BCUT2D eigenvalue weighted by Crippen LogP contribution is -2.56. The molecule has 9 aromatic rings. The number of fused-ring (bicyclic) bond motifs is 6.